The summed E-state index contributed by atoms with van der Waals surface area (Å²) in [6.07, 6.45) is 3.07. The second-order valence-electron chi connectivity index (χ2n) is 6.34. The molecule has 2 saturated heterocycles. The lowest BCUT2D eigenvalue weighted by molar-refractivity contribution is -0.0534. The molecule has 0 amide bonds. The molecule has 1 aromatic carbocycles. The van der Waals surface area contributed by atoms with E-state index in [2.05, 4.69) is 5.16 Å². The number of piperidine rings is 1. The van der Waals surface area contributed by atoms with Gasteiger partial charge in [0, 0.05) is 25.1 Å². The van der Waals surface area contributed by atoms with Crippen molar-refractivity contribution in [2.45, 2.75) is 31.1 Å². The molecule has 2 unspecified atom stereocenters. The Labute approximate surface area is 135 Å². The van der Waals surface area contributed by atoms with Crippen molar-refractivity contribution in [3.05, 3.63) is 30.0 Å². The third-order valence-electron chi connectivity index (χ3n) is 4.84. The highest BCUT2D eigenvalue weighted by Crippen LogP contribution is 2.30. The minimum Gasteiger partial charge on any atom is -0.378 e. The summed E-state index contributed by atoms with van der Waals surface area (Å²) in [5.74, 6) is 0.212. The zero-order valence-electron chi connectivity index (χ0n) is 12.8. The lowest BCUT2D eigenvalue weighted by Gasteiger charge is -2.40. The third kappa shape index (κ3) is 2.88. The van der Waals surface area contributed by atoms with Gasteiger partial charge in [-0.05, 0) is 37.3 Å². The molecule has 2 aromatic rings. The van der Waals surface area contributed by atoms with Crippen LogP contribution in [0.5, 0.6) is 0 Å². The fourth-order valence-corrected chi connectivity index (χ4v) is 5.15. The van der Waals surface area contributed by atoms with Crippen molar-refractivity contribution >= 4 is 21.0 Å². The largest absolute Gasteiger partial charge is 0.378 e. The zero-order valence-corrected chi connectivity index (χ0v) is 13.7. The van der Waals surface area contributed by atoms with Gasteiger partial charge in [-0.3, -0.25) is 0 Å². The summed E-state index contributed by atoms with van der Waals surface area (Å²) in [4.78, 5) is 0. The van der Waals surface area contributed by atoms with Crippen LogP contribution < -0.4 is 0 Å². The Morgan fingerprint density at radius 3 is 3.04 bits per heavy atom. The van der Waals surface area contributed by atoms with Crippen molar-refractivity contribution in [1.82, 2.24) is 9.46 Å². The molecule has 3 heterocycles. The highest BCUT2D eigenvalue weighted by Gasteiger charge is 2.37. The van der Waals surface area contributed by atoms with E-state index in [1.807, 2.05) is 18.2 Å². The number of hydrogen-bond donors (Lipinski definition) is 0. The Morgan fingerprint density at radius 1 is 1.26 bits per heavy atom. The molecule has 2 atom stereocenters. The van der Waals surface area contributed by atoms with Crippen LogP contribution in [0.25, 0.3) is 11.0 Å². The summed E-state index contributed by atoms with van der Waals surface area (Å²) < 4.78 is 38.1. The van der Waals surface area contributed by atoms with E-state index in [9.17, 15) is 8.42 Å². The number of benzene rings is 1. The maximum absolute atomic E-state index is 12.8. The molecule has 1 aromatic heterocycles. The maximum atomic E-state index is 12.8. The van der Waals surface area contributed by atoms with E-state index in [0.717, 1.165) is 31.3 Å². The number of aromatic nitrogens is 1. The molecule has 2 aliphatic heterocycles. The Balaban J connectivity index is 1.53. The van der Waals surface area contributed by atoms with Crippen molar-refractivity contribution in [2.24, 2.45) is 5.92 Å². The second-order valence-corrected chi connectivity index (χ2v) is 8.31. The number of sulfonamides is 1. The molecule has 0 radical (unpaired) electrons. The third-order valence-corrected chi connectivity index (χ3v) is 6.60. The molecular weight excluding hydrogens is 316 g/mol. The number of nitrogens with zero attached hydrogens (tertiary/aromatic N) is 2. The Bertz CT molecular complexity index is 801. The lowest BCUT2D eigenvalue weighted by atomic mass is 9.90. The molecule has 0 spiro atoms. The van der Waals surface area contributed by atoms with Gasteiger partial charge in [0.15, 0.2) is 5.58 Å². The summed E-state index contributed by atoms with van der Waals surface area (Å²) in [6, 6.07) is 7.35. The van der Waals surface area contributed by atoms with Crippen molar-refractivity contribution in [3.8, 4) is 0 Å². The molecule has 7 heteroatoms. The normalized spacial score (nSPS) is 26.3. The predicted octanol–water partition coefficient (Wildman–Crippen LogP) is 2.16. The number of fused-ring (bicyclic) bond motifs is 2. The smallest absolute Gasteiger partial charge is 0.220 e. The Kier molecular flexibility index (Phi) is 3.87. The van der Waals surface area contributed by atoms with Gasteiger partial charge in [0.2, 0.25) is 10.0 Å². The van der Waals surface area contributed by atoms with E-state index < -0.39 is 10.0 Å². The summed E-state index contributed by atoms with van der Waals surface area (Å²) in [5.41, 5.74) is 1.11. The number of para-hydroxylation sites is 1. The van der Waals surface area contributed by atoms with Crippen LogP contribution in [-0.2, 0) is 20.5 Å². The van der Waals surface area contributed by atoms with Crippen molar-refractivity contribution in [1.29, 1.82) is 0 Å². The molecule has 0 saturated carbocycles. The van der Waals surface area contributed by atoms with Crippen LogP contribution >= 0.6 is 0 Å². The molecule has 2 aliphatic rings. The number of rotatable bonds is 3. The Hall–Kier alpha value is -1.44. The average molecular weight is 336 g/mol. The minimum absolute atomic E-state index is 0.109. The molecule has 124 valence electrons. The summed E-state index contributed by atoms with van der Waals surface area (Å²) in [7, 11) is -3.39. The predicted molar refractivity (Wildman–Crippen MR) is 85.3 cm³/mol. The fraction of sp³-hybridized carbons (Fsp3) is 0.562. The van der Waals surface area contributed by atoms with Gasteiger partial charge in [-0.2, -0.15) is 0 Å². The van der Waals surface area contributed by atoms with Gasteiger partial charge < -0.3 is 9.26 Å². The van der Waals surface area contributed by atoms with Crippen LogP contribution in [-0.4, -0.2) is 43.7 Å². The lowest BCUT2D eigenvalue weighted by Crippen LogP contribution is -2.48. The molecular formula is C16H20N2O4S. The molecule has 23 heavy (non-hydrogen) atoms. The van der Waals surface area contributed by atoms with Crippen LogP contribution in [0.1, 0.15) is 25.0 Å². The quantitative estimate of drug-likeness (QED) is 0.859. The monoisotopic (exact) mass is 336 g/mol. The van der Waals surface area contributed by atoms with Gasteiger partial charge >= 0.3 is 0 Å². The topological polar surface area (TPSA) is 72.6 Å². The average Bonchev–Trinajstić information content (AvgIpc) is 2.97. The second kappa shape index (κ2) is 5.89. The Morgan fingerprint density at radius 2 is 2.13 bits per heavy atom. The number of ether oxygens (including phenoxy) is 1. The summed E-state index contributed by atoms with van der Waals surface area (Å²) in [6.45, 7) is 1.89. The summed E-state index contributed by atoms with van der Waals surface area (Å²) >= 11 is 0. The van der Waals surface area contributed by atoms with Crippen LogP contribution in [0.15, 0.2) is 28.8 Å². The van der Waals surface area contributed by atoms with Gasteiger partial charge in [0.1, 0.15) is 11.4 Å². The zero-order chi connectivity index (χ0) is 15.9. The van der Waals surface area contributed by atoms with Crippen molar-refractivity contribution in [3.63, 3.8) is 0 Å². The molecule has 0 N–H and O–H groups in total. The van der Waals surface area contributed by atoms with E-state index >= 15 is 0 Å². The molecule has 2 fully saturated rings. The minimum atomic E-state index is -3.39. The maximum Gasteiger partial charge on any atom is 0.220 e. The van der Waals surface area contributed by atoms with Gasteiger partial charge in [0.25, 0.3) is 0 Å². The standard InChI is InChI=1S/C16H20N2O4S/c19-23(20,11-14-13-5-1-2-6-16(13)22-17-14)18-8-7-15-12(10-18)4-3-9-21-15/h1-2,5-6,12,15H,3-4,7-11H2. The van der Waals surface area contributed by atoms with Crippen molar-refractivity contribution < 1.29 is 17.7 Å². The SMILES string of the molecule is O=S(=O)(Cc1noc2ccccc12)N1CCC2OCCCC2C1. The highest BCUT2D eigenvalue weighted by molar-refractivity contribution is 7.88. The van der Waals surface area contributed by atoms with Gasteiger partial charge in [-0.15, -0.1) is 0 Å². The van der Waals surface area contributed by atoms with Crippen LogP contribution in [0.4, 0.5) is 0 Å². The van der Waals surface area contributed by atoms with Crippen molar-refractivity contribution in [2.75, 3.05) is 19.7 Å². The number of hydrogen-bond acceptors (Lipinski definition) is 5. The fourth-order valence-electron chi connectivity index (χ4n) is 3.61. The van der Waals surface area contributed by atoms with Gasteiger partial charge in [-0.25, -0.2) is 12.7 Å². The van der Waals surface area contributed by atoms with Gasteiger partial charge in [0.05, 0.1) is 6.10 Å². The van der Waals surface area contributed by atoms with Crippen LogP contribution in [0, 0.1) is 5.92 Å². The first-order chi connectivity index (χ1) is 11.1. The van der Waals surface area contributed by atoms with E-state index in [4.69, 9.17) is 9.26 Å². The first-order valence-electron chi connectivity index (χ1n) is 8.06. The summed E-state index contributed by atoms with van der Waals surface area (Å²) in [5, 5.41) is 4.72. The van der Waals surface area contributed by atoms with Crippen LogP contribution in [0.2, 0.25) is 0 Å². The highest BCUT2D eigenvalue weighted by atomic mass is 32.2. The first-order valence-corrected chi connectivity index (χ1v) is 9.67. The van der Waals surface area contributed by atoms with Gasteiger partial charge in [-0.1, -0.05) is 17.3 Å². The molecule has 0 bridgehead atoms. The van der Waals surface area contributed by atoms with E-state index in [1.165, 1.54) is 0 Å². The van der Waals surface area contributed by atoms with E-state index in [0.29, 0.717) is 30.3 Å². The molecule has 0 aliphatic carbocycles. The van der Waals surface area contributed by atoms with E-state index in [-0.39, 0.29) is 11.9 Å². The molecule has 4 rings (SSSR count). The van der Waals surface area contributed by atoms with E-state index in [1.54, 1.807) is 10.4 Å². The van der Waals surface area contributed by atoms with Crippen LogP contribution in [0.3, 0.4) is 0 Å². The molecule has 6 nitrogen and oxygen atoms in total. The first kappa shape index (κ1) is 15.1.